The minimum Gasteiger partial charge on any atom is -0.377 e. The molecule has 0 aliphatic carbocycles. The molecule has 2 aromatic carbocycles. The number of carbonyl (C=O) groups excluding carboxylic acids is 2. The van der Waals surface area contributed by atoms with Gasteiger partial charge >= 0.3 is 0 Å². The molecular formula is C25H34FN3O2. The van der Waals surface area contributed by atoms with Crippen LogP contribution in [0.2, 0.25) is 0 Å². The summed E-state index contributed by atoms with van der Waals surface area (Å²) in [6.45, 7) is 10.1. The van der Waals surface area contributed by atoms with Crippen molar-refractivity contribution in [3.8, 4) is 0 Å². The highest BCUT2D eigenvalue weighted by Crippen LogP contribution is 2.27. The van der Waals surface area contributed by atoms with E-state index in [9.17, 15) is 14.0 Å². The molecular weight excluding hydrogens is 393 g/mol. The summed E-state index contributed by atoms with van der Waals surface area (Å²) in [6.07, 6.45) is 0. The Morgan fingerprint density at radius 3 is 2.23 bits per heavy atom. The van der Waals surface area contributed by atoms with Crippen molar-refractivity contribution < 1.29 is 14.0 Å². The van der Waals surface area contributed by atoms with Gasteiger partial charge in [-0.1, -0.05) is 33.8 Å². The van der Waals surface area contributed by atoms with Crippen molar-refractivity contribution in [2.24, 2.45) is 11.8 Å². The molecule has 0 saturated heterocycles. The maximum atomic E-state index is 13.8. The minimum absolute atomic E-state index is 0.0632. The lowest BCUT2D eigenvalue weighted by atomic mass is 10.0. The van der Waals surface area contributed by atoms with Crippen LogP contribution in [0.25, 0.3) is 0 Å². The highest BCUT2D eigenvalue weighted by atomic mass is 19.1. The zero-order valence-electron chi connectivity index (χ0n) is 19.6. The number of anilines is 2. The first-order valence-electron chi connectivity index (χ1n) is 10.7. The lowest BCUT2D eigenvalue weighted by Crippen LogP contribution is -2.41. The Labute approximate surface area is 185 Å². The Hall–Kier alpha value is -2.89. The van der Waals surface area contributed by atoms with Gasteiger partial charge in [-0.15, -0.1) is 0 Å². The average molecular weight is 428 g/mol. The highest BCUT2D eigenvalue weighted by Gasteiger charge is 2.25. The third-order valence-corrected chi connectivity index (χ3v) is 5.48. The smallest absolute Gasteiger partial charge is 0.254 e. The summed E-state index contributed by atoms with van der Waals surface area (Å²) < 4.78 is 13.8. The summed E-state index contributed by atoms with van der Waals surface area (Å²) in [5, 5.41) is 2.93. The highest BCUT2D eigenvalue weighted by molar-refractivity contribution is 5.95. The molecule has 0 aromatic heterocycles. The summed E-state index contributed by atoms with van der Waals surface area (Å²) in [6, 6.07) is 11.4. The van der Waals surface area contributed by atoms with E-state index >= 15 is 0 Å². The number of carbonyl (C=O) groups is 2. The van der Waals surface area contributed by atoms with Crippen LogP contribution in [0.1, 0.15) is 50.5 Å². The number of nitrogens with one attached hydrogen (secondary N) is 1. The molecule has 1 N–H and O–H groups in total. The molecule has 0 aliphatic rings. The quantitative estimate of drug-likeness (QED) is 0.632. The van der Waals surface area contributed by atoms with E-state index in [2.05, 4.69) is 19.2 Å². The lowest BCUT2D eigenvalue weighted by Gasteiger charge is -2.33. The van der Waals surface area contributed by atoms with Crippen LogP contribution in [0, 0.1) is 17.7 Å². The second-order valence-electron chi connectivity index (χ2n) is 8.81. The van der Waals surface area contributed by atoms with Crippen LogP contribution in [0.3, 0.4) is 0 Å². The molecule has 2 rings (SSSR count). The van der Waals surface area contributed by atoms with Crippen LogP contribution in [-0.2, 0) is 11.3 Å². The van der Waals surface area contributed by atoms with Gasteiger partial charge in [0, 0.05) is 49.5 Å². The Morgan fingerprint density at radius 2 is 1.68 bits per heavy atom. The number of hydrogen-bond donors (Lipinski definition) is 1. The van der Waals surface area contributed by atoms with Gasteiger partial charge in [-0.3, -0.25) is 9.59 Å². The molecule has 2 amide bonds. The molecule has 2 aromatic rings. The maximum Gasteiger partial charge on any atom is 0.254 e. The molecule has 0 spiro atoms. The number of rotatable bonds is 8. The SMILES string of the molecule is CC(C)C(=O)Nc1ccc(N(C)C)c(CN(C(=O)c2cccc(F)c2)C(C)C(C)C)c1. The number of benzene rings is 2. The van der Waals surface area contributed by atoms with Gasteiger partial charge in [0.1, 0.15) is 5.82 Å². The van der Waals surface area contributed by atoms with E-state index in [4.69, 9.17) is 0 Å². The number of halogens is 1. The maximum absolute atomic E-state index is 13.8. The summed E-state index contributed by atoms with van der Waals surface area (Å²) in [5.74, 6) is -0.641. The van der Waals surface area contributed by atoms with Crippen molar-refractivity contribution in [3.63, 3.8) is 0 Å². The Kier molecular flexibility index (Phi) is 8.20. The Balaban J connectivity index is 2.46. The van der Waals surface area contributed by atoms with E-state index in [0.29, 0.717) is 17.8 Å². The third kappa shape index (κ3) is 6.29. The third-order valence-electron chi connectivity index (χ3n) is 5.48. The lowest BCUT2D eigenvalue weighted by molar-refractivity contribution is -0.118. The predicted octanol–water partition coefficient (Wildman–Crippen LogP) is 5.17. The first kappa shape index (κ1) is 24.4. The first-order chi connectivity index (χ1) is 14.5. The van der Waals surface area contributed by atoms with Crippen LogP contribution in [0.15, 0.2) is 42.5 Å². The normalized spacial score (nSPS) is 12.1. The monoisotopic (exact) mass is 427 g/mol. The van der Waals surface area contributed by atoms with Gasteiger partial charge in [0.25, 0.3) is 5.91 Å². The van der Waals surface area contributed by atoms with Gasteiger partial charge in [0.15, 0.2) is 0 Å². The molecule has 168 valence electrons. The molecule has 1 atom stereocenters. The fourth-order valence-electron chi connectivity index (χ4n) is 3.24. The molecule has 0 aliphatic heterocycles. The molecule has 31 heavy (non-hydrogen) atoms. The van der Waals surface area contributed by atoms with E-state index in [1.54, 1.807) is 17.0 Å². The summed E-state index contributed by atoms with van der Waals surface area (Å²) in [4.78, 5) is 29.3. The molecule has 0 bridgehead atoms. The van der Waals surface area contributed by atoms with Gasteiger partial charge in [0.05, 0.1) is 0 Å². The fraction of sp³-hybridized carbons (Fsp3) is 0.440. The van der Waals surface area contributed by atoms with E-state index in [1.165, 1.54) is 12.1 Å². The predicted molar refractivity (Wildman–Crippen MR) is 125 cm³/mol. The molecule has 5 nitrogen and oxygen atoms in total. The van der Waals surface area contributed by atoms with E-state index in [1.807, 2.05) is 58.0 Å². The van der Waals surface area contributed by atoms with Crippen molar-refractivity contribution in [2.45, 2.75) is 47.2 Å². The Bertz CT molecular complexity index is 925. The molecule has 0 heterocycles. The van der Waals surface area contributed by atoms with Gasteiger partial charge < -0.3 is 15.1 Å². The first-order valence-corrected chi connectivity index (χ1v) is 10.7. The standard InChI is InChI=1S/C25H34FN3O2/c1-16(2)18(5)29(25(31)19-9-8-10-21(26)13-19)15-20-14-22(27-24(30)17(3)4)11-12-23(20)28(6)7/h8-14,16-18H,15H2,1-7H3,(H,27,30). The fourth-order valence-corrected chi connectivity index (χ4v) is 3.24. The van der Waals surface area contributed by atoms with Crippen molar-refractivity contribution in [2.75, 3.05) is 24.3 Å². The van der Waals surface area contributed by atoms with Gasteiger partial charge in [-0.2, -0.15) is 0 Å². The van der Waals surface area contributed by atoms with Gasteiger partial charge in [0.2, 0.25) is 5.91 Å². The van der Waals surface area contributed by atoms with E-state index in [0.717, 1.165) is 11.3 Å². The topological polar surface area (TPSA) is 52.7 Å². The molecule has 0 radical (unpaired) electrons. The Morgan fingerprint density at radius 1 is 1.00 bits per heavy atom. The van der Waals surface area contributed by atoms with Gasteiger partial charge in [-0.25, -0.2) is 4.39 Å². The van der Waals surface area contributed by atoms with E-state index < -0.39 is 5.82 Å². The van der Waals surface area contributed by atoms with Crippen molar-refractivity contribution in [1.82, 2.24) is 4.90 Å². The summed E-state index contributed by atoms with van der Waals surface area (Å²) in [5.41, 5.74) is 2.87. The van der Waals surface area contributed by atoms with Crippen LogP contribution in [0.5, 0.6) is 0 Å². The van der Waals surface area contributed by atoms with Crippen molar-refractivity contribution >= 4 is 23.2 Å². The summed E-state index contributed by atoms with van der Waals surface area (Å²) >= 11 is 0. The van der Waals surface area contributed by atoms with Gasteiger partial charge in [-0.05, 0) is 54.8 Å². The molecule has 0 fully saturated rings. The zero-order chi connectivity index (χ0) is 23.3. The zero-order valence-corrected chi connectivity index (χ0v) is 19.6. The number of nitrogens with zero attached hydrogens (tertiary/aromatic N) is 2. The van der Waals surface area contributed by atoms with Crippen LogP contribution >= 0.6 is 0 Å². The molecule has 0 saturated carbocycles. The molecule has 1 unspecified atom stereocenters. The molecule has 6 heteroatoms. The van der Waals surface area contributed by atoms with Crippen LogP contribution in [-0.4, -0.2) is 36.9 Å². The van der Waals surface area contributed by atoms with Crippen LogP contribution in [0.4, 0.5) is 15.8 Å². The van der Waals surface area contributed by atoms with E-state index in [-0.39, 0.29) is 29.7 Å². The van der Waals surface area contributed by atoms with Crippen LogP contribution < -0.4 is 10.2 Å². The second-order valence-corrected chi connectivity index (χ2v) is 8.81. The second kappa shape index (κ2) is 10.4. The number of amides is 2. The van der Waals surface area contributed by atoms with Crippen molar-refractivity contribution in [3.05, 3.63) is 59.4 Å². The summed E-state index contributed by atoms with van der Waals surface area (Å²) in [7, 11) is 3.88. The minimum atomic E-state index is -0.435. The largest absolute Gasteiger partial charge is 0.377 e. The average Bonchev–Trinajstić information content (AvgIpc) is 2.70. The van der Waals surface area contributed by atoms with Crippen molar-refractivity contribution in [1.29, 1.82) is 0 Å². The number of hydrogen-bond acceptors (Lipinski definition) is 3.